The molecule has 4 nitrogen and oxygen atoms in total. The van der Waals surface area contributed by atoms with Crippen LogP contribution in [0.1, 0.15) is 25.0 Å². The van der Waals surface area contributed by atoms with E-state index >= 15 is 0 Å². The number of phenols is 1. The van der Waals surface area contributed by atoms with Crippen molar-refractivity contribution < 1.29 is 15.0 Å². The highest BCUT2D eigenvalue weighted by atomic mass is 16.3. The van der Waals surface area contributed by atoms with Gasteiger partial charge in [-0.1, -0.05) is 50.2 Å². The van der Waals surface area contributed by atoms with Crippen molar-refractivity contribution in [2.75, 3.05) is 5.32 Å². The van der Waals surface area contributed by atoms with E-state index in [1.54, 1.807) is 50.2 Å². The third kappa shape index (κ3) is 2.97. The van der Waals surface area contributed by atoms with Crippen LogP contribution in [-0.2, 0) is 10.4 Å². The molecule has 116 valence electrons. The summed E-state index contributed by atoms with van der Waals surface area (Å²) in [7, 11) is 0. The number of hydrogen-bond acceptors (Lipinski definition) is 3. The van der Waals surface area contributed by atoms with Gasteiger partial charge in [0.05, 0.1) is 5.69 Å². The molecule has 1 unspecified atom stereocenters. The largest absolute Gasteiger partial charge is 0.506 e. The predicted octanol–water partition coefficient (Wildman–Crippen LogP) is 3.18. The molecule has 0 fully saturated rings. The van der Waals surface area contributed by atoms with Gasteiger partial charge in [0.2, 0.25) is 0 Å². The van der Waals surface area contributed by atoms with E-state index in [9.17, 15) is 15.0 Å². The molecule has 0 aliphatic heterocycles. The normalized spacial score (nSPS) is 13.7. The highest BCUT2D eigenvalue weighted by Crippen LogP contribution is 2.32. The number of phenolic OH excluding ortho intramolecular Hbond substituents is 1. The standard InChI is InChI=1S/C18H21NO3/c1-12(2)18(22,14-7-5-4-6-8-14)17(21)19-15-11-13(3)9-10-16(15)20/h4-12,20,22H,1-3H3,(H,19,21). The smallest absolute Gasteiger partial charge is 0.261 e. The number of hydrogen-bond donors (Lipinski definition) is 3. The number of amides is 1. The summed E-state index contributed by atoms with van der Waals surface area (Å²) >= 11 is 0. The number of aryl methyl sites for hydroxylation is 1. The summed E-state index contributed by atoms with van der Waals surface area (Å²) in [5.74, 6) is -0.922. The number of rotatable bonds is 4. The van der Waals surface area contributed by atoms with Gasteiger partial charge in [0.1, 0.15) is 5.75 Å². The molecule has 0 saturated carbocycles. The predicted molar refractivity (Wildman–Crippen MR) is 86.7 cm³/mol. The summed E-state index contributed by atoms with van der Waals surface area (Å²) in [4.78, 5) is 12.7. The molecule has 1 amide bonds. The number of aromatic hydroxyl groups is 1. The van der Waals surface area contributed by atoms with Crippen molar-refractivity contribution in [3.63, 3.8) is 0 Å². The molecule has 0 saturated heterocycles. The van der Waals surface area contributed by atoms with E-state index in [1.807, 2.05) is 13.0 Å². The van der Waals surface area contributed by atoms with Crippen LogP contribution in [0.25, 0.3) is 0 Å². The Balaban J connectivity index is 2.38. The maximum Gasteiger partial charge on any atom is 0.261 e. The number of aliphatic hydroxyl groups is 1. The topological polar surface area (TPSA) is 69.6 Å². The average molecular weight is 299 g/mol. The molecule has 0 aromatic heterocycles. The fourth-order valence-corrected chi connectivity index (χ4v) is 2.39. The molecule has 2 aromatic rings. The Labute approximate surface area is 130 Å². The molecule has 0 aliphatic rings. The lowest BCUT2D eigenvalue weighted by atomic mass is 9.82. The van der Waals surface area contributed by atoms with Gasteiger partial charge in [0.25, 0.3) is 5.91 Å². The Hall–Kier alpha value is -2.33. The third-order valence-electron chi connectivity index (χ3n) is 3.80. The molecular formula is C18H21NO3. The van der Waals surface area contributed by atoms with Gasteiger partial charge >= 0.3 is 0 Å². The monoisotopic (exact) mass is 299 g/mol. The van der Waals surface area contributed by atoms with Crippen LogP contribution >= 0.6 is 0 Å². The number of anilines is 1. The second-order valence-corrected chi connectivity index (χ2v) is 5.76. The first-order valence-electron chi connectivity index (χ1n) is 7.24. The highest BCUT2D eigenvalue weighted by molar-refractivity contribution is 5.99. The number of benzene rings is 2. The SMILES string of the molecule is Cc1ccc(O)c(NC(=O)C(O)(c2ccccc2)C(C)C)c1. The van der Waals surface area contributed by atoms with E-state index in [0.29, 0.717) is 11.3 Å². The minimum absolute atomic E-state index is 0.0295. The van der Waals surface area contributed by atoms with E-state index in [2.05, 4.69) is 5.32 Å². The van der Waals surface area contributed by atoms with Crippen LogP contribution < -0.4 is 5.32 Å². The zero-order valence-corrected chi connectivity index (χ0v) is 13.0. The van der Waals surface area contributed by atoms with E-state index in [-0.39, 0.29) is 11.7 Å². The average Bonchev–Trinajstić information content (AvgIpc) is 2.50. The second kappa shape index (κ2) is 6.20. The highest BCUT2D eigenvalue weighted by Gasteiger charge is 2.41. The Kier molecular flexibility index (Phi) is 4.52. The van der Waals surface area contributed by atoms with Crippen LogP contribution in [0.15, 0.2) is 48.5 Å². The molecule has 0 bridgehead atoms. The Bertz CT molecular complexity index is 667. The maximum absolute atomic E-state index is 12.7. The quantitative estimate of drug-likeness (QED) is 0.759. The lowest BCUT2D eigenvalue weighted by Gasteiger charge is -2.31. The lowest BCUT2D eigenvalue weighted by molar-refractivity contribution is -0.140. The molecule has 2 aromatic carbocycles. The molecule has 0 radical (unpaired) electrons. The van der Waals surface area contributed by atoms with Gasteiger partial charge in [-0.25, -0.2) is 0 Å². The van der Waals surface area contributed by atoms with E-state index in [1.165, 1.54) is 6.07 Å². The Morgan fingerprint density at radius 3 is 2.36 bits per heavy atom. The van der Waals surface area contributed by atoms with Crippen LogP contribution in [0.2, 0.25) is 0 Å². The van der Waals surface area contributed by atoms with Crippen molar-refractivity contribution in [1.82, 2.24) is 0 Å². The number of carbonyl (C=O) groups excluding carboxylic acids is 1. The summed E-state index contributed by atoms with van der Waals surface area (Å²) in [5.41, 5.74) is 0.0489. The number of carbonyl (C=O) groups is 1. The van der Waals surface area contributed by atoms with Crippen molar-refractivity contribution in [3.05, 3.63) is 59.7 Å². The second-order valence-electron chi connectivity index (χ2n) is 5.76. The van der Waals surface area contributed by atoms with Crippen LogP contribution in [0, 0.1) is 12.8 Å². The molecule has 0 spiro atoms. The zero-order valence-electron chi connectivity index (χ0n) is 13.0. The first-order chi connectivity index (χ1) is 10.4. The van der Waals surface area contributed by atoms with Gasteiger partial charge in [0.15, 0.2) is 5.60 Å². The summed E-state index contributed by atoms with van der Waals surface area (Å²) in [6, 6.07) is 13.7. The van der Waals surface area contributed by atoms with Crippen LogP contribution in [-0.4, -0.2) is 16.1 Å². The minimum atomic E-state index is -1.67. The minimum Gasteiger partial charge on any atom is -0.506 e. The maximum atomic E-state index is 12.7. The van der Waals surface area contributed by atoms with Gasteiger partial charge < -0.3 is 15.5 Å². The molecule has 22 heavy (non-hydrogen) atoms. The Morgan fingerprint density at radius 2 is 1.77 bits per heavy atom. The fourth-order valence-electron chi connectivity index (χ4n) is 2.39. The van der Waals surface area contributed by atoms with E-state index in [0.717, 1.165) is 5.56 Å². The molecule has 1 atom stereocenters. The summed E-state index contributed by atoms with van der Waals surface area (Å²) < 4.78 is 0. The van der Waals surface area contributed by atoms with Gasteiger partial charge in [-0.3, -0.25) is 4.79 Å². The number of nitrogens with one attached hydrogen (secondary N) is 1. The molecule has 0 heterocycles. The van der Waals surface area contributed by atoms with Gasteiger partial charge in [0, 0.05) is 0 Å². The molecular weight excluding hydrogens is 278 g/mol. The Morgan fingerprint density at radius 1 is 1.14 bits per heavy atom. The van der Waals surface area contributed by atoms with E-state index in [4.69, 9.17) is 0 Å². The summed E-state index contributed by atoms with van der Waals surface area (Å²) in [6.45, 7) is 5.42. The van der Waals surface area contributed by atoms with Crippen molar-refractivity contribution in [1.29, 1.82) is 0 Å². The lowest BCUT2D eigenvalue weighted by Crippen LogP contribution is -2.44. The molecule has 0 aliphatic carbocycles. The van der Waals surface area contributed by atoms with Gasteiger partial charge in [-0.2, -0.15) is 0 Å². The van der Waals surface area contributed by atoms with Crippen molar-refractivity contribution in [3.8, 4) is 5.75 Å². The third-order valence-corrected chi connectivity index (χ3v) is 3.80. The van der Waals surface area contributed by atoms with Crippen LogP contribution in [0.5, 0.6) is 5.75 Å². The molecule has 4 heteroatoms. The van der Waals surface area contributed by atoms with Crippen molar-refractivity contribution in [2.24, 2.45) is 5.92 Å². The zero-order chi connectivity index (χ0) is 16.3. The van der Waals surface area contributed by atoms with Crippen molar-refractivity contribution >= 4 is 11.6 Å². The summed E-state index contributed by atoms with van der Waals surface area (Å²) in [5, 5.41) is 23.5. The molecule has 2 rings (SSSR count). The first kappa shape index (κ1) is 16.0. The van der Waals surface area contributed by atoms with Crippen LogP contribution in [0.3, 0.4) is 0 Å². The van der Waals surface area contributed by atoms with Crippen molar-refractivity contribution in [2.45, 2.75) is 26.4 Å². The van der Waals surface area contributed by atoms with Gasteiger partial charge in [-0.15, -0.1) is 0 Å². The first-order valence-corrected chi connectivity index (χ1v) is 7.24. The van der Waals surface area contributed by atoms with Gasteiger partial charge in [-0.05, 0) is 36.1 Å². The summed E-state index contributed by atoms with van der Waals surface area (Å²) in [6.07, 6.45) is 0. The molecule has 3 N–H and O–H groups in total. The fraction of sp³-hybridized carbons (Fsp3) is 0.278. The van der Waals surface area contributed by atoms with E-state index < -0.39 is 11.5 Å². The van der Waals surface area contributed by atoms with Crippen LogP contribution in [0.4, 0.5) is 5.69 Å².